The van der Waals surface area contributed by atoms with Gasteiger partial charge in [0.1, 0.15) is 11.8 Å². The first kappa shape index (κ1) is 22.7. The molecule has 4 aromatic rings. The van der Waals surface area contributed by atoms with Crippen molar-refractivity contribution in [2.24, 2.45) is 0 Å². The van der Waals surface area contributed by atoms with Crippen molar-refractivity contribution in [3.8, 4) is 5.75 Å². The summed E-state index contributed by atoms with van der Waals surface area (Å²) in [5, 5.41) is 10.3. The number of aromatic nitrogens is 1. The SMILES string of the molecule is COc1cccc(NC(=O)[C@@H](Cc2c[nH]c3ccccc23)NC(=O)[C@H]2Cc3ccccc3CN2)c1. The molecule has 1 aromatic heterocycles. The van der Waals surface area contributed by atoms with Crippen LogP contribution in [0.4, 0.5) is 5.69 Å². The van der Waals surface area contributed by atoms with Crippen molar-refractivity contribution in [1.82, 2.24) is 15.6 Å². The molecule has 0 saturated heterocycles. The molecule has 5 rings (SSSR count). The average Bonchev–Trinajstić information content (AvgIpc) is 3.30. The number of hydrogen-bond acceptors (Lipinski definition) is 4. The van der Waals surface area contributed by atoms with Crippen LogP contribution in [0, 0.1) is 0 Å². The van der Waals surface area contributed by atoms with Gasteiger partial charge in [0.2, 0.25) is 11.8 Å². The van der Waals surface area contributed by atoms with Crippen molar-refractivity contribution in [2.75, 3.05) is 12.4 Å². The predicted molar refractivity (Wildman–Crippen MR) is 136 cm³/mol. The van der Waals surface area contributed by atoms with Crippen molar-refractivity contribution >= 4 is 28.4 Å². The number of carbonyl (C=O) groups is 2. The summed E-state index contributed by atoms with van der Waals surface area (Å²) in [4.78, 5) is 29.9. The fourth-order valence-electron chi connectivity index (χ4n) is 4.57. The molecule has 0 unspecified atom stereocenters. The van der Waals surface area contributed by atoms with Crippen LogP contribution >= 0.6 is 0 Å². The molecule has 0 spiro atoms. The normalized spacial score (nSPS) is 15.7. The van der Waals surface area contributed by atoms with Gasteiger partial charge in [-0.2, -0.15) is 0 Å². The number of aromatic amines is 1. The van der Waals surface area contributed by atoms with E-state index in [9.17, 15) is 9.59 Å². The van der Waals surface area contributed by atoms with Crippen molar-refractivity contribution in [1.29, 1.82) is 0 Å². The first-order valence-electron chi connectivity index (χ1n) is 11.7. The van der Waals surface area contributed by atoms with E-state index in [1.165, 1.54) is 5.56 Å². The van der Waals surface area contributed by atoms with Gasteiger partial charge in [-0.05, 0) is 41.3 Å². The first-order chi connectivity index (χ1) is 17.1. The Balaban J connectivity index is 1.37. The highest BCUT2D eigenvalue weighted by atomic mass is 16.5. The monoisotopic (exact) mass is 468 g/mol. The van der Waals surface area contributed by atoms with Gasteiger partial charge in [-0.3, -0.25) is 9.59 Å². The number of rotatable bonds is 7. The van der Waals surface area contributed by atoms with Gasteiger partial charge in [0.25, 0.3) is 0 Å². The number of nitrogens with one attached hydrogen (secondary N) is 4. The molecular formula is C28H28N4O3. The smallest absolute Gasteiger partial charge is 0.247 e. The maximum Gasteiger partial charge on any atom is 0.247 e. The second kappa shape index (κ2) is 10.0. The number of amides is 2. The number of anilines is 1. The first-order valence-corrected chi connectivity index (χ1v) is 11.7. The van der Waals surface area contributed by atoms with Crippen LogP contribution < -0.4 is 20.7 Å². The zero-order valence-electron chi connectivity index (χ0n) is 19.5. The van der Waals surface area contributed by atoms with E-state index in [1.54, 1.807) is 19.2 Å². The van der Waals surface area contributed by atoms with Crippen LogP contribution in [0.15, 0.2) is 79.0 Å². The zero-order chi connectivity index (χ0) is 24.2. The number of ether oxygens (including phenoxy) is 1. The fraction of sp³-hybridized carbons (Fsp3) is 0.214. The number of benzene rings is 3. The number of methoxy groups -OCH3 is 1. The summed E-state index contributed by atoms with van der Waals surface area (Å²) in [6, 6.07) is 22.1. The standard InChI is InChI=1S/C28H28N4O3/c1-35-22-10-6-9-21(15-22)31-28(34)26(14-20-17-29-24-12-5-4-11-23(20)24)32-27(33)25-13-18-7-2-3-8-19(18)16-30-25/h2-12,15,17,25-26,29-30H,13-14,16H2,1H3,(H,31,34)(H,32,33)/t25-,26-/m1/s1. The zero-order valence-corrected chi connectivity index (χ0v) is 19.5. The third-order valence-electron chi connectivity index (χ3n) is 6.47. The van der Waals surface area contributed by atoms with Gasteiger partial charge >= 0.3 is 0 Å². The van der Waals surface area contributed by atoms with Crippen LogP contribution in [-0.2, 0) is 29.0 Å². The quantitative estimate of drug-likeness (QED) is 0.334. The molecule has 1 aliphatic rings. The number of fused-ring (bicyclic) bond motifs is 2. The summed E-state index contributed by atoms with van der Waals surface area (Å²) in [6.07, 6.45) is 2.84. The van der Waals surface area contributed by atoms with Gasteiger partial charge in [-0.15, -0.1) is 0 Å². The van der Waals surface area contributed by atoms with Crippen LogP contribution in [-0.4, -0.2) is 36.0 Å². The van der Waals surface area contributed by atoms with Gasteiger partial charge in [0.15, 0.2) is 0 Å². The molecule has 4 N–H and O–H groups in total. The van der Waals surface area contributed by atoms with Crippen LogP contribution in [0.1, 0.15) is 16.7 Å². The molecular weight excluding hydrogens is 440 g/mol. The third-order valence-corrected chi connectivity index (χ3v) is 6.47. The van der Waals surface area contributed by atoms with Crippen LogP contribution in [0.2, 0.25) is 0 Å². The molecule has 7 nitrogen and oxygen atoms in total. The number of hydrogen-bond donors (Lipinski definition) is 4. The second-order valence-electron chi connectivity index (χ2n) is 8.75. The lowest BCUT2D eigenvalue weighted by Gasteiger charge is -2.27. The highest BCUT2D eigenvalue weighted by Gasteiger charge is 2.29. The summed E-state index contributed by atoms with van der Waals surface area (Å²) in [5.74, 6) is 0.170. The summed E-state index contributed by atoms with van der Waals surface area (Å²) in [5.41, 5.74) is 4.92. The van der Waals surface area contributed by atoms with E-state index in [-0.39, 0.29) is 11.8 Å². The lowest BCUT2D eigenvalue weighted by molar-refractivity contribution is -0.128. The minimum atomic E-state index is -0.758. The lowest BCUT2D eigenvalue weighted by atomic mass is 9.95. The Morgan fingerprint density at radius 2 is 1.83 bits per heavy atom. The minimum absolute atomic E-state index is 0.190. The molecule has 178 valence electrons. The fourth-order valence-corrected chi connectivity index (χ4v) is 4.57. The Bertz CT molecular complexity index is 1360. The second-order valence-corrected chi connectivity index (χ2v) is 8.75. The molecule has 0 bridgehead atoms. The van der Waals surface area contributed by atoms with Crippen molar-refractivity contribution in [2.45, 2.75) is 31.5 Å². The molecule has 2 heterocycles. The van der Waals surface area contributed by atoms with E-state index in [0.29, 0.717) is 30.8 Å². The molecule has 0 aliphatic carbocycles. The molecule has 0 radical (unpaired) electrons. The molecule has 2 amide bonds. The number of para-hydroxylation sites is 1. The highest BCUT2D eigenvalue weighted by molar-refractivity contribution is 5.98. The van der Waals surface area contributed by atoms with Gasteiger partial charge in [-0.25, -0.2) is 0 Å². The number of H-pyrrole nitrogens is 1. The highest BCUT2D eigenvalue weighted by Crippen LogP contribution is 2.22. The Morgan fingerprint density at radius 3 is 2.69 bits per heavy atom. The average molecular weight is 469 g/mol. The van der Waals surface area contributed by atoms with E-state index in [0.717, 1.165) is 22.0 Å². The van der Waals surface area contributed by atoms with Gasteiger partial charge in [-0.1, -0.05) is 48.5 Å². The maximum absolute atomic E-state index is 13.4. The Hall–Kier alpha value is -4.10. The molecule has 0 fully saturated rings. The summed E-state index contributed by atoms with van der Waals surface area (Å²) >= 11 is 0. The lowest BCUT2D eigenvalue weighted by Crippen LogP contribution is -2.53. The third kappa shape index (κ3) is 5.05. The van der Waals surface area contributed by atoms with Crippen molar-refractivity contribution in [3.05, 3.63) is 95.7 Å². The summed E-state index contributed by atoms with van der Waals surface area (Å²) in [7, 11) is 1.58. The Labute approximate surface area is 203 Å². The van der Waals surface area contributed by atoms with E-state index in [4.69, 9.17) is 4.74 Å². The topological polar surface area (TPSA) is 95.2 Å². The van der Waals surface area contributed by atoms with Crippen LogP contribution in [0.25, 0.3) is 10.9 Å². The number of carbonyl (C=O) groups excluding carboxylic acids is 2. The van der Waals surface area contributed by atoms with Gasteiger partial charge < -0.3 is 25.7 Å². The van der Waals surface area contributed by atoms with Crippen LogP contribution in [0.5, 0.6) is 5.75 Å². The molecule has 3 aromatic carbocycles. The van der Waals surface area contributed by atoms with E-state index < -0.39 is 12.1 Å². The summed E-state index contributed by atoms with van der Waals surface area (Å²) < 4.78 is 5.27. The van der Waals surface area contributed by atoms with Gasteiger partial charge in [0.05, 0.1) is 13.2 Å². The maximum atomic E-state index is 13.4. The predicted octanol–water partition coefficient (Wildman–Crippen LogP) is 3.56. The molecule has 0 saturated carbocycles. The van der Waals surface area contributed by atoms with E-state index in [2.05, 4.69) is 33.1 Å². The minimum Gasteiger partial charge on any atom is -0.497 e. The van der Waals surface area contributed by atoms with E-state index in [1.807, 2.05) is 54.7 Å². The Morgan fingerprint density at radius 1 is 1.03 bits per heavy atom. The Kier molecular flexibility index (Phi) is 6.50. The molecule has 7 heteroatoms. The van der Waals surface area contributed by atoms with Crippen molar-refractivity contribution in [3.63, 3.8) is 0 Å². The van der Waals surface area contributed by atoms with Gasteiger partial charge in [0, 0.05) is 41.8 Å². The molecule has 2 atom stereocenters. The summed E-state index contributed by atoms with van der Waals surface area (Å²) in [6.45, 7) is 0.622. The van der Waals surface area contributed by atoms with Crippen LogP contribution in [0.3, 0.4) is 0 Å². The van der Waals surface area contributed by atoms with Crippen molar-refractivity contribution < 1.29 is 14.3 Å². The largest absolute Gasteiger partial charge is 0.497 e. The molecule has 1 aliphatic heterocycles. The van der Waals surface area contributed by atoms with E-state index >= 15 is 0 Å². The molecule has 35 heavy (non-hydrogen) atoms.